The van der Waals surface area contributed by atoms with Gasteiger partial charge in [0.05, 0.1) is 11.6 Å². The van der Waals surface area contributed by atoms with E-state index in [9.17, 15) is 4.39 Å². The first-order chi connectivity index (χ1) is 6.15. The Morgan fingerprint density at radius 2 is 2.23 bits per heavy atom. The zero-order valence-electron chi connectivity index (χ0n) is 7.53. The molecule has 0 bridgehead atoms. The first-order valence-corrected chi connectivity index (χ1v) is 4.65. The molecular formula is C9H11BrFNO. The number of rotatable bonds is 3. The Hall–Kier alpha value is -0.450. The fourth-order valence-corrected chi connectivity index (χ4v) is 1.42. The van der Waals surface area contributed by atoms with Crippen LogP contribution in [0.4, 0.5) is 4.39 Å². The topological polar surface area (TPSA) is 21.3 Å². The highest BCUT2D eigenvalue weighted by atomic mass is 79.9. The average molecular weight is 248 g/mol. The summed E-state index contributed by atoms with van der Waals surface area (Å²) in [4.78, 5) is 4.71. The van der Waals surface area contributed by atoms with Gasteiger partial charge in [0.1, 0.15) is 5.82 Å². The molecule has 0 fully saturated rings. The minimum Gasteiger partial charge on any atom is -0.305 e. The largest absolute Gasteiger partial charge is 0.305 e. The second-order valence-corrected chi connectivity index (χ2v) is 3.57. The minimum atomic E-state index is -0.237. The third-order valence-corrected chi connectivity index (χ3v) is 2.39. The number of hydroxylamine groups is 1. The van der Waals surface area contributed by atoms with E-state index in [1.807, 2.05) is 6.92 Å². The van der Waals surface area contributed by atoms with E-state index in [1.165, 1.54) is 6.07 Å². The van der Waals surface area contributed by atoms with Crippen molar-refractivity contribution >= 4 is 15.9 Å². The summed E-state index contributed by atoms with van der Waals surface area (Å²) < 4.78 is 13.5. The van der Waals surface area contributed by atoms with E-state index in [1.54, 1.807) is 13.2 Å². The molecule has 72 valence electrons. The predicted molar refractivity (Wildman–Crippen MR) is 52.7 cm³/mol. The van der Waals surface area contributed by atoms with E-state index in [4.69, 9.17) is 4.84 Å². The van der Waals surface area contributed by atoms with Crippen LogP contribution in [0.5, 0.6) is 0 Å². The van der Waals surface area contributed by atoms with Crippen molar-refractivity contribution in [2.24, 2.45) is 0 Å². The number of hydrogen-bond acceptors (Lipinski definition) is 2. The summed E-state index contributed by atoms with van der Waals surface area (Å²) in [6.07, 6.45) is 0. The van der Waals surface area contributed by atoms with Crippen LogP contribution < -0.4 is 5.48 Å². The lowest BCUT2D eigenvalue weighted by Gasteiger charge is -2.07. The Labute approximate surface area is 85.2 Å². The molecule has 0 aliphatic heterocycles. The van der Waals surface area contributed by atoms with Crippen molar-refractivity contribution in [1.82, 2.24) is 5.48 Å². The molecule has 0 saturated carbocycles. The number of hydrogen-bond donors (Lipinski definition) is 1. The molecule has 0 radical (unpaired) electrons. The maximum Gasteiger partial charge on any atom is 0.137 e. The molecule has 1 aromatic carbocycles. The van der Waals surface area contributed by atoms with Gasteiger partial charge in [-0.3, -0.25) is 0 Å². The number of nitrogens with one attached hydrogen (secondary N) is 1. The molecule has 0 amide bonds. The van der Waals surface area contributed by atoms with Gasteiger partial charge in [-0.25, -0.2) is 4.39 Å². The smallest absolute Gasteiger partial charge is 0.137 e. The lowest BCUT2D eigenvalue weighted by Crippen LogP contribution is -2.11. The van der Waals surface area contributed by atoms with Crippen molar-refractivity contribution < 1.29 is 9.23 Å². The maximum absolute atomic E-state index is 13.0. The van der Waals surface area contributed by atoms with Gasteiger partial charge < -0.3 is 4.84 Å². The average Bonchev–Trinajstić information content (AvgIpc) is 2.09. The standard InChI is InChI=1S/C9H11BrFNO/c1-6-3-9(11)8(10)4-7(6)5-12-13-2/h3-4,12H,5H2,1-2H3. The minimum absolute atomic E-state index is 0.237. The van der Waals surface area contributed by atoms with Crippen LogP contribution in [-0.4, -0.2) is 7.11 Å². The summed E-state index contributed by atoms with van der Waals surface area (Å²) >= 11 is 3.13. The Bertz CT molecular complexity index is 304. The molecule has 0 aliphatic carbocycles. The molecule has 13 heavy (non-hydrogen) atoms. The first-order valence-electron chi connectivity index (χ1n) is 3.85. The lowest BCUT2D eigenvalue weighted by atomic mass is 10.1. The highest BCUT2D eigenvalue weighted by Gasteiger charge is 2.04. The summed E-state index contributed by atoms with van der Waals surface area (Å²) in [6.45, 7) is 2.43. The molecule has 2 nitrogen and oxygen atoms in total. The lowest BCUT2D eigenvalue weighted by molar-refractivity contribution is 0.0865. The molecule has 0 aliphatic rings. The van der Waals surface area contributed by atoms with Gasteiger partial charge in [0.15, 0.2) is 0 Å². The van der Waals surface area contributed by atoms with Crippen molar-refractivity contribution in [2.75, 3.05) is 7.11 Å². The molecule has 4 heteroatoms. The number of aryl methyl sites for hydroxylation is 1. The van der Waals surface area contributed by atoms with Crippen LogP contribution in [0.15, 0.2) is 16.6 Å². The maximum atomic E-state index is 13.0. The van der Waals surface area contributed by atoms with Crippen LogP contribution in [0.25, 0.3) is 0 Å². The molecule has 0 heterocycles. The van der Waals surface area contributed by atoms with Crippen LogP contribution in [0, 0.1) is 12.7 Å². The predicted octanol–water partition coefficient (Wildman–Crippen LogP) is 2.55. The molecule has 1 rings (SSSR count). The molecule has 0 atom stereocenters. The SMILES string of the molecule is CONCc1cc(Br)c(F)cc1C. The monoisotopic (exact) mass is 247 g/mol. The molecule has 1 aromatic rings. The van der Waals surface area contributed by atoms with Gasteiger partial charge in [0, 0.05) is 6.54 Å². The van der Waals surface area contributed by atoms with Crippen molar-refractivity contribution in [1.29, 1.82) is 0 Å². The summed E-state index contributed by atoms with van der Waals surface area (Å²) in [5.41, 5.74) is 4.63. The van der Waals surface area contributed by atoms with E-state index in [2.05, 4.69) is 21.4 Å². The molecule has 1 N–H and O–H groups in total. The number of benzene rings is 1. The Kier molecular flexibility index (Phi) is 3.84. The van der Waals surface area contributed by atoms with E-state index in [0.717, 1.165) is 11.1 Å². The van der Waals surface area contributed by atoms with Crippen molar-refractivity contribution in [3.8, 4) is 0 Å². The van der Waals surface area contributed by atoms with Gasteiger partial charge in [-0.15, -0.1) is 0 Å². The van der Waals surface area contributed by atoms with E-state index in [0.29, 0.717) is 11.0 Å². The summed E-state index contributed by atoms with van der Waals surface area (Å²) in [6, 6.07) is 3.24. The van der Waals surface area contributed by atoms with Gasteiger partial charge in [0.2, 0.25) is 0 Å². The van der Waals surface area contributed by atoms with Crippen LogP contribution in [0.3, 0.4) is 0 Å². The quantitative estimate of drug-likeness (QED) is 0.830. The zero-order chi connectivity index (χ0) is 9.84. The molecule has 0 spiro atoms. The van der Waals surface area contributed by atoms with E-state index >= 15 is 0 Å². The summed E-state index contributed by atoms with van der Waals surface area (Å²) in [7, 11) is 1.55. The first kappa shape index (κ1) is 10.6. The Balaban J connectivity index is 2.88. The highest BCUT2D eigenvalue weighted by molar-refractivity contribution is 9.10. The molecule has 0 saturated heterocycles. The third-order valence-electron chi connectivity index (χ3n) is 1.79. The van der Waals surface area contributed by atoms with Gasteiger partial charge in [0.25, 0.3) is 0 Å². The van der Waals surface area contributed by atoms with Crippen molar-refractivity contribution in [2.45, 2.75) is 13.5 Å². The van der Waals surface area contributed by atoms with Gasteiger partial charge in [-0.1, -0.05) is 0 Å². The van der Waals surface area contributed by atoms with Gasteiger partial charge in [-0.05, 0) is 46.1 Å². The van der Waals surface area contributed by atoms with Gasteiger partial charge in [-0.2, -0.15) is 5.48 Å². The van der Waals surface area contributed by atoms with Crippen LogP contribution >= 0.6 is 15.9 Å². The second kappa shape index (κ2) is 4.69. The van der Waals surface area contributed by atoms with Crippen molar-refractivity contribution in [3.63, 3.8) is 0 Å². The van der Waals surface area contributed by atoms with E-state index in [-0.39, 0.29) is 5.82 Å². The fraction of sp³-hybridized carbons (Fsp3) is 0.333. The zero-order valence-corrected chi connectivity index (χ0v) is 9.11. The fourth-order valence-electron chi connectivity index (χ4n) is 1.03. The highest BCUT2D eigenvalue weighted by Crippen LogP contribution is 2.20. The summed E-state index contributed by atoms with van der Waals surface area (Å²) in [5.74, 6) is -0.237. The molecule has 0 unspecified atom stereocenters. The molecular weight excluding hydrogens is 237 g/mol. The van der Waals surface area contributed by atoms with Crippen LogP contribution in [0.1, 0.15) is 11.1 Å². The summed E-state index contributed by atoms with van der Waals surface area (Å²) in [5, 5.41) is 0. The van der Waals surface area contributed by atoms with Crippen molar-refractivity contribution in [3.05, 3.63) is 33.5 Å². The molecule has 0 aromatic heterocycles. The second-order valence-electron chi connectivity index (χ2n) is 2.72. The number of halogens is 2. The van der Waals surface area contributed by atoms with Crippen LogP contribution in [-0.2, 0) is 11.4 Å². The Morgan fingerprint density at radius 1 is 1.54 bits per heavy atom. The van der Waals surface area contributed by atoms with E-state index < -0.39 is 0 Å². The normalized spacial score (nSPS) is 10.5. The van der Waals surface area contributed by atoms with Crippen LogP contribution in [0.2, 0.25) is 0 Å². The Morgan fingerprint density at radius 3 is 2.85 bits per heavy atom. The third kappa shape index (κ3) is 2.76. The van der Waals surface area contributed by atoms with Gasteiger partial charge >= 0.3 is 0 Å².